The number of piperazine rings is 1. The molecule has 1 fully saturated rings. The summed E-state index contributed by atoms with van der Waals surface area (Å²) < 4.78 is 8.71. The number of fused-ring (bicyclic) bond motifs is 3. The molecule has 2 aliphatic rings. The number of aromatic nitrogens is 1. The van der Waals surface area contributed by atoms with Crippen LogP contribution < -0.4 is 0 Å². The Morgan fingerprint density at radius 1 is 0.833 bits per heavy atom. The van der Waals surface area contributed by atoms with Crippen LogP contribution in [0.2, 0.25) is 0 Å². The number of carboxylic acid groups (broad SMARTS) is 4. The highest BCUT2D eigenvalue weighted by molar-refractivity contribution is 5.90. The fraction of sp³-hybridized carbons (Fsp3) is 0.448. The molecule has 1 unspecified atom stereocenters. The average molecular weight is 590 g/mol. The van der Waals surface area contributed by atoms with Gasteiger partial charge in [0.1, 0.15) is 5.60 Å². The Kier molecular flexibility index (Phi) is 13.4. The second-order valence-corrected chi connectivity index (χ2v) is 9.91. The number of aliphatic carboxylic acids is 4. The van der Waals surface area contributed by atoms with Crippen molar-refractivity contribution >= 4 is 34.8 Å². The van der Waals surface area contributed by atoms with Gasteiger partial charge >= 0.3 is 23.9 Å². The maximum atomic E-state index is 9.55. The van der Waals surface area contributed by atoms with E-state index in [-0.39, 0.29) is 12.2 Å². The summed E-state index contributed by atoms with van der Waals surface area (Å²) in [6, 6.07) is 8.73. The summed E-state index contributed by atoms with van der Waals surface area (Å²) in [7, 11) is 2.18. The molecule has 4 rings (SSSR count). The van der Waals surface area contributed by atoms with E-state index in [9.17, 15) is 19.2 Å². The van der Waals surface area contributed by atoms with Crippen molar-refractivity contribution in [1.82, 2.24) is 14.4 Å². The van der Waals surface area contributed by atoms with Crippen LogP contribution in [0, 0.1) is 0 Å². The molecule has 0 radical (unpaired) electrons. The molecule has 1 aromatic carbocycles. The number of hydrogen-bond acceptors (Lipinski definition) is 8. The highest BCUT2D eigenvalue weighted by Gasteiger charge is 2.37. The van der Waals surface area contributed by atoms with Crippen LogP contribution in [0.5, 0.6) is 0 Å². The lowest BCUT2D eigenvalue weighted by Crippen LogP contribution is -2.48. The summed E-state index contributed by atoms with van der Waals surface area (Å²) >= 11 is 0. The van der Waals surface area contributed by atoms with Gasteiger partial charge in [-0.1, -0.05) is 18.2 Å². The van der Waals surface area contributed by atoms with E-state index in [1.165, 1.54) is 22.2 Å². The Bertz CT molecular complexity index is 1230. The predicted octanol–water partition coefficient (Wildman–Crippen LogP) is 1.39. The lowest BCUT2D eigenvalue weighted by Gasteiger charge is -2.39. The Morgan fingerprint density at radius 3 is 1.79 bits per heavy atom. The maximum absolute atomic E-state index is 9.55. The second kappa shape index (κ2) is 16.4. The number of aliphatic hydroxyl groups is 1. The minimum atomic E-state index is -1.26. The molecule has 0 spiro atoms. The molecule has 42 heavy (non-hydrogen) atoms. The number of β-amino-alcohol motifs (C(OH)–C–C–N with tert-alkyl or cyclic N) is 1. The van der Waals surface area contributed by atoms with E-state index in [1.54, 1.807) is 0 Å². The van der Waals surface area contributed by atoms with Crippen LogP contribution in [0.3, 0.4) is 0 Å². The van der Waals surface area contributed by atoms with Gasteiger partial charge in [0.2, 0.25) is 0 Å². The topological polar surface area (TPSA) is 190 Å². The maximum Gasteiger partial charge on any atom is 0.328 e. The third-order valence-corrected chi connectivity index (χ3v) is 7.01. The summed E-state index contributed by atoms with van der Waals surface area (Å²) in [5.74, 6) is -5.03. The molecule has 5 N–H and O–H groups in total. The van der Waals surface area contributed by atoms with Crippen LogP contribution in [0.25, 0.3) is 10.9 Å². The molecule has 1 aromatic heterocycles. The van der Waals surface area contributed by atoms with Gasteiger partial charge in [0.05, 0.1) is 18.9 Å². The summed E-state index contributed by atoms with van der Waals surface area (Å²) in [6.45, 7) is 9.47. The van der Waals surface area contributed by atoms with Gasteiger partial charge in [-0.25, -0.2) is 19.2 Å². The largest absolute Gasteiger partial charge is 0.478 e. The number of nitrogens with zero attached hydrogens (tertiary/aromatic N) is 3. The van der Waals surface area contributed by atoms with E-state index in [4.69, 9.17) is 30.3 Å². The number of ether oxygens (including phenoxy) is 1. The van der Waals surface area contributed by atoms with Crippen LogP contribution in [0.1, 0.15) is 24.6 Å². The molecule has 0 amide bonds. The van der Waals surface area contributed by atoms with Gasteiger partial charge in [0.15, 0.2) is 0 Å². The first-order chi connectivity index (χ1) is 19.9. The summed E-state index contributed by atoms with van der Waals surface area (Å²) in [4.78, 5) is 43.1. The Hall–Kier alpha value is -4.04. The first-order valence-electron chi connectivity index (χ1n) is 13.4. The van der Waals surface area contributed by atoms with Crippen molar-refractivity contribution < 1.29 is 49.4 Å². The molecule has 0 saturated carbocycles. The van der Waals surface area contributed by atoms with Gasteiger partial charge in [-0.3, -0.25) is 4.90 Å². The Labute approximate surface area is 243 Å². The van der Waals surface area contributed by atoms with E-state index in [0.29, 0.717) is 24.3 Å². The quantitative estimate of drug-likeness (QED) is 0.265. The van der Waals surface area contributed by atoms with Crippen LogP contribution >= 0.6 is 0 Å². The number of carboxylic acids is 4. The highest BCUT2D eigenvalue weighted by Crippen LogP contribution is 2.40. The Morgan fingerprint density at radius 2 is 1.31 bits per heavy atom. The van der Waals surface area contributed by atoms with Crippen LogP contribution in [0.15, 0.2) is 48.6 Å². The molecule has 2 aromatic rings. The van der Waals surface area contributed by atoms with Gasteiger partial charge in [-0.2, -0.15) is 0 Å². The van der Waals surface area contributed by atoms with Crippen LogP contribution in [-0.4, -0.2) is 116 Å². The van der Waals surface area contributed by atoms with Crippen molar-refractivity contribution in [2.75, 3.05) is 52.5 Å². The first kappa shape index (κ1) is 34.2. The van der Waals surface area contributed by atoms with Gasteiger partial charge < -0.3 is 39.7 Å². The average Bonchev–Trinajstić information content (AvgIpc) is 3.24. The van der Waals surface area contributed by atoms with Gasteiger partial charge in [0, 0.05) is 81.5 Å². The molecular weight excluding hydrogens is 550 g/mol. The van der Waals surface area contributed by atoms with E-state index >= 15 is 0 Å². The van der Waals surface area contributed by atoms with Gasteiger partial charge in [-0.05, 0) is 31.4 Å². The number of hydrogen-bond donors (Lipinski definition) is 5. The van der Waals surface area contributed by atoms with Crippen molar-refractivity contribution in [3.8, 4) is 0 Å². The molecule has 0 aliphatic carbocycles. The Balaban J connectivity index is 0.000000319. The SMILES string of the molecule is Cn1c2c(c3ccccc31)CCOC2(C)CCN1CCN(CCO)CC1.O=C(O)/C=C/C(=O)O.O=C(O)/C=C/C(=O)O. The van der Waals surface area contributed by atoms with Crippen molar-refractivity contribution in [2.24, 2.45) is 7.05 Å². The van der Waals surface area contributed by atoms with Crippen LogP contribution in [0.4, 0.5) is 0 Å². The van der Waals surface area contributed by atoms with E-state index in [1.807, 2.05) is 0 Å². The van der Waals surface area contributed by atoms with Gasteiger partial charge in [-0.15, -0.1) is 0 Å². The standard InChI is InChI=1S/C21H31N3O2.2C4H4O4/c1-21(8-9-23-10-12-24(13-11-23)14-15-25)20-18(7-16-26-21)17-5-3-4-6-19(17)22(20)2;2*5-3(6)1-2-4(7)8/h3-6,25H,7-16H2,1-2H3;2*1-2H,(H,5,6)(H,7,8)/b;2*2-1+. The molecule has 1 saturated heterocycles. The lowest BCUT2D eigenvalue weighted by atomic mass is 9.89. The fourth-order valence-electron chi connectivity index (χ4n) is 5.07. The number of aliphatic hydroxyl groups excluding tert-OH is 1. The first-order valence-corrected chi connectivity index (χ1v) is 13.4. The van der Waals surface area contributed by atoms with Crippen molar-refractivity contribution in [3.05, 3.63) is 59.8 Å². The zero-order valence-electron chi connectivity index (χ0n) is 23.8. The molecule has 2 aliphatic heterocycles. The molecular formula is C29H39N3O10. The number of carbonyl (C=O) groups is 4. The molecule has 13 nitrogen and oxygen atoms in total. The minimum Gasteiger partial charge on any atom is -0.478 e. The third-order valence-electron chi connectivity index (χ3n) is 7.01. The molecule has 3 heterocycles. The fourth-order valence-corrected chi connectivity index (χ4v) is 5.07. The highest BCUT2D eigenvalue weighted by atomic mass is 16.5. The summed E-state index contributed by atoms with van der Waals surface area (Å²) in [5, 5.41) is 41.7. The monoisotopic (exact) mass is 589 g/mol. The van der Waals surface area contributed by atoms with E-state index in [0.717, 1.165) is 58.7 Å². The normalized spacial score (nSPS) is 19.0. The molecule has 13 heteroatoms. The number of benzene rings is 1. The lowest BCUT2D eigenvalue weighted by molar-refractivity contribution is -0.134. The smallest absolute Gasteiger partial charge is 0.328 e. The van der Waals surface area contributed by atoms with Crippen molar-refractivity contribution in [1.29, 1.82) is 0 Å². The predicted molar refractivity (Wildman–Crippen MR) is 153 cm³/mol. The third kappa shape index (κ3) is 10.4. The molecule has 0 bridgehead atoms. The molecule has 1 atom stereocenters. The second-order valence-electron chi connectivity index (χ2n) is 9.91. The van der Waals surface area contributed by atoms with Gasteiger partial charge in [0.25, 0.3) is 0 Å². The number of rotatable bonds is 9. The number of para-hydroxylation sites is 1. The summed E-state index contributed by atoms with van der Waals surface area (Å²) in [6.07, 6.45) is 4.26. The summed E-state index contributed by atoms with van der Waals surface area (Å²) in [5.41, 5.74) is 3.93. The van der Waals surface area contributed by atoms with Crippen LogP contribution in [-0.2, 0) is 43.0 Å². The van der Waals surface area contributed by atoms with Crippen molar-refractivity contribution in [3.63, 3.8) is 0 Å². The number of aryl methyl sites for hydroxylation is 1. The van der Waals surface area contributed by atoms with Crippen molar-refractivity contribution in [2.45, 2.75) is 25.4 Å². The zero-order valence-corrected chi connectivity index (χ0v) is 23.8. The zero-order chi connectivity index (χ0) is 31.3. The molecule has 230 valence electrons. The van der Waals surface area contributed by atoms with E-state index in [2.05, 4.69) is 52.6 Å². The minimum absolute atomic E-state index is 0.219. The van der Waals surface area contributed by atoms with E-state index < -0.39 is 23.9 Å².